The maximum Gasteiger partial charge on any atom is 0.122 e. The molecule has 4 heteroatoms. The van der Waals surface area contributed by atoms with Crippen molar-refractivity contribution in [1.82, 2.24) is 0 Å². The van der Waals surface area contributed by atoms with Crippen LogP contribution in [0.3, 0.4) is 0 Å². The molecule has 1 aliphatic carbocycles. The van der Waals surface area contributed by atoms with Gasteiger partial charge in [-0.25, -0.2) is 0 Å². The second kappa shape index (κ2) is 5.65. The molecule has 2 atom stereocenters. The topological polar surface area (TPSA) is 53.1 Å². The smallest absolute Gasteiger partial charge is 0.122 e. The third-order valence-corrected chi connectivity index (χ3v) is 5.11. The quantitative estimate of drug-likeness (QED) is 0.643. The lowest BCUT2D eigenvalue weighted by Crippen LogP contribution is -2.47. The van der Waals surface area contributed by atoms with Gasteiger partial charge in [-0.1, -0.05) is 24.4 Å². The van der Waals surface area contributed by atoms with Gasteiger partial charge in [0, 0.05) is 18.2 Å². The number of hydrogen-bond acceptors (Lipinski definition) is 2. The van der Waals surface area contributed by atoms with Crippen molar-refractivity contribution in [3.63, 3.8) is 0 Å². The first-order valence-corrected chi connectivity index (χ1v) is 7.95. The van der Waals surface area contributed by atoms with Crippen LogP contribution in [-0.4, -0.2) is 18.4 Å². The fraction of sp³-hybridized carbons (Fsp3) is 0.562. The second-order valence-electron chi connectivity index (χ2n) is 6.03. The lowest BCUT2D eigenvalue weighted by molar-refractivity contribution is 0.244. The molecule has 1 aliphatic heterocycles. The van der Waals surface area contributed by atoms with Gasteiger partial charge >= 0.3 is 0 Å². The van der Waals surface area contributed by atoms with Gasteiger partial charge in [-0.05, 0) is 49.8 Å². The summed E-state index contributed by atoms with van der Waals surface area (Å²) >= 11 is 6.44. The molecule has 1 saturated heterocycles. The first kappa shape index (κ1) is 13.7. The molecule has 3 nitrogen and oxygen atoms in total. The predicted octanol–water partition coefficient (Wildman–Crippen LogP) is 3.78. The monoisotopic (exact) mass is 291 g/mol. The summed E-state index contributed by atoms with van der Waals surface area (Å²) in [5.41, 5.74) is 7.35. The Morgan fingerprint density at radius 2 is 1.95 bits per heavy atom. The zero-order chi connectivity index (χ0) is 14.1. The number of halogens is 1. The van der Waals surface area contributed by atoms with Crippen LogP contribution in [0.4, 0.5) is 5.69 Å². The number of hydrogen-bond donors (Lipinski definition) is 2. The summed E-state index contributed by atoms with van der Waals surface area (Å²) in [5.74, 6) is 0.911. The minimum absolute atomic E-state index is 0.0765. The van der Waals surface area contributed by atoms with Crippen LogP contribution in [0.2, 0.25) is 5.02 Å². The largest absolute Gasteiger partial charge is 0.384 e. The van der Waals surface area contributed by atoms with E-state index in [0.717, 1.165) is 23.2 Å². The second-order valence-corrected chi connectivity index (χ2v) is 6.43. The van der Waals surface area contributed by atoms with Crippen molar-refractivity contribution in [3.05, 3.63) is 28.8 Å². The molecule has 108 valence electrons. The number of rotatable bonds is 2. The zero-order valence-electron chi connectivity index (χ0n) is 11.7. The van der Waals surface area contributed by atoms with Crippen molar-refractivity contribution in [2.75, 3.05) is 11.4 Å². The molecule has 1 aromatic rings. The molecular weight excluding hydrogens is 270 g/mol. The van der Waals surface area contributed by atoms with Crippen molar-refractivity contribution < 1.29 is 0 Å². The summed E-state index contributed by atoms with van der Waals surface area (Å²) in [5, 5.41) is 8.23. The molecule has 2 fully saturated rings. The number of fused-ring (bicyclic) bond motifs is 1. The summed E-state index contributed by atoms with van der Waals surface area (Å²) in [6.45, 7) is 1.10. The van der Waals surface area contributed by atoms with E-state index in [0.29, 0.717) is 11.6 Å². The molecule has 3 N–H and O–H groups in total. The molecule has 1 heterocycles. The highest BCUT2D eigenvalue weighted by Crippen LogP contribution is 2.40. The highest BCUT2D eigenvalue weighted by atomic mass is 35.5. The molecule has 1 aromatic carbocycles. The fourth-order valence-corrected chi connectivity index (χ4v) is 4.12. The highest BCUT2D eigenvalue weighted by Gasteiger charge is 2.33. The van der Waals surface area contributed by atoms with E-state index in [2.05, 4.69) is 4.90 Å². The minimum atomic E-state index is 0.0765. The molecular formula is C16H22ClN3. The van der Waals surface area contributed by atoms with Crippen molar-refractivity contribution in [2.24, 2.45) is 11.7 Å². The van der Waals surface area contributed by atoms with Crippen LogP contribution < -0.4 is 10.6 Å². The third kappa shape index (κ3) is 2.51. The molecule has 1 saturated carbocycles. The molecule has 0 amide bonds. The maximum absolute atomic E-state index is 7.50. The van der Waals surface area contributed by atoms with E-state index in [1.165, 1.54) is 38.5 Å². The Bertz CT molecular complexity index is 512. The number of nitrogens with one attached hydrogen (secondary N) is 1. The van der Waals surface area contributed by atoms with E-state index in [1.54, 1.807) is 0 Å². The third-order valence-electron chi connectivity index (χ3n) is 4.81. The van der Waals surface area contributed by atoms with Gasteiger partial charge in [-0.3, -0.25) is 5.41 Å². The van der Waals surface area contributed by atoms with Gasteiger partial charge in [0.2, 0.25) is 0 Å². The number of benzene rings is 1. The van der Waals surface area contributed by atoms with Gasteiger partial charge in [-0.15, -0.1) is 0 Å². The van der Waals surface area contributed by atoms with Crippen molar-refractivity contribution >= 4 is 23.1 Å². The Labute approximate surface area is 125 Å². The summed E-state index contributed by atoms with van der Waals surface area (Å²) in [4.78, 5) is 2.50. The van der Waals surface area contributed by atoms with Crippen molar-refractivity contribution in [2.45, 2.75) is 44.6 Å². The highest BCUT2D eigenvalue weighted by molar-refractivity contribution is 6.33. The maximum atomic E-state index is 7.50. The van der Waals surface area contributed by atoms with Crippen LogP contribution in [0.15, 0.2) is 18.2 Å². The lowest BCUT2D eigenvalue weighted by atomic mass is 9.78. The van der Waals surface area contributed by atoms with Crippen molar-refractivity contribution in [1.29, 1.82) is 5.41 Å². The predicted molar refractivity (Wildman–Crippen MR) is 84.8 cm³/mol. The number of nitrogen functional groups attached to an aromatic ring is 1. The molecule has 0 bridgehead atoms. The number of anilines is 1. The van der Waals surface area contributed by atoms with Crippen LogP contribution >= 0.6 is 11.6 Å². The average molecular weight is 292 g/mol. The Morgan fingerprint density at radius 1 is 1.20 bits per heavy atom. The molecule has 3 rings (SSSR count). The first-order chi connectivity index (χ1) is 9.66. The van der Waals surface area contributed by atoms with Gasteiger partial charge < -0.3 is 10.6 Å². The van der Waals surface area contributed by atoms with Gasteiger partial charge in [0.25, 0.3) is 0 Å². The van der Waals surface area contributed by atoms with Gasteiger partial charge in [0.15, 0.2) is 0 Å². The molecule has 0 spiro atoms. The van der Waals surface area contributed by atoms with E-state index in [-0.39, 0.29) is 5.84 Å². The molecule has 2 aliphatic rings. The van der Waals surface area contributed by atoms with Gasteiger partial charge in [0.05, 0.1) is 10.7 Å². The SMILES string of the molecule is N=C(N)c1ccc(N2CCC[C@H]3CCCC[C@H]32)c(Cl)c1. The molecule has 20 heavy (non-hydrogen) atoms. The van der Waals surface area contributed by atoms with E-state index < -0.39 is 0 Å². The molecule has 0 radical (unpaired) electrons. The van der Waals surface area contributed by atoms with Crippen LogP contribution in [0.1, 0.15) is 44.1 Å². The summed E-state index contributed by atoms with van der Waals surface area (Å²) in [6, 6.07) is 6.43. The van der Waals surface area contributed by atoms with E-state index in [1.807, 2.05) is 18.2 Å². The standard InChI is InChI=1S/C16H22ClN3/c17-13-10-12(16(18)19)7-8-15(13)20-9-3-5-11-4-1-2-6-14(11)20/h7-8,10-11,14H,1-6,9H2,(H3,18,19)/t11-,14-/m1/s1. The summed E-state index contributed by atoms with van der Waals surface area (Å²) in [6.07, 6.45) is 7.99. The van der Waals surface area contributed by atoms with E-state index in [4.69, 9.17) is 22.7 Å². The van der Waals surface area contributed by atoms with Gasteiger partial charge in [-0.2, -0.15) is 0 Å². The number of nitrogens with two attached hydrogens (primary N) is 1. The van der Waals surface area contributed by atoms with E-state index >= 15 is 0 Å². The zero-order valence-corrected chi connectivity index (χ0v) is 12.5. The average Bonchev–Trinajstić information content (AvgIpc) is 2.46. The van der Waals surface area contributed by atoms with Crippen LogP contribution in [-0.2, 0) is 0 Å². The fourth-order valence-electron chi connectivity index (χ4n) is 3.83. The normalized spacial score (nSPS) is 26.1. The molecule has 0 unspecified atom stereocenters. The Kier molecular flexibility index (Phi) is 3.88. The van der Waals surface area contributed by atoms with Crippen LogP contribution in [0.25, 0.3) is 0 Å². The summed E-state index contributed by atoms with van der Waals surface area (Å²) in [7, 11) is 0. The Hall–Kier alpha value is -1.22. The number of piperidine rings is 1. The van der Waals surface area contributed by atoms with Crippen LogP contribution in [0, 0.1) is 11.3 Å². The lowest BCUT2D eigenvalue weighted by Gasteiger charge is -2.45. The van der Waals surface area contributed by atoms with Gasteiger partial charge in [0.1, 0.15) is 5.84 Å². The Balaban J connectivity index is 1.89. The first-order valence-electron chi connectivity index (χ1n) is 7.57. The minimum Gasteiger partial charge on any atom is -0.384 e. The summed E-state index contributed by atoms with van der Waals surface area (Å²) < 4.78 is 0. The number of nitrogens with zero attached hydrogens (tertiary/aromatic N) is 1. The molecule has 0 aromatic heterocycles. The Morgan fingerprint density at radius 3 is 2.70 bits per heavy atom. The van der Waals surface area contributed by atoms with Crippen LogP contribution in [0.5, 0.6) is 0 Å². The number of amidine groups is 1. The van der Waals surface area contributed by atoms with Crippen molar-refractivity contribution in [3.8, 4) is 0 Å². The van der Waals surface area contributed by atoms with E-state index in [9.17, 15) is 0 Å².